The van der Waals surface area contributed by atoms with Crippen LogP contribution in [0.1, 0.15) is 23.1 Å². The molecule has 0 saturated heterocycles. The quantitative estimate of drug-likeness (QED) is 0.603. The number of rotatable bonds is 3. The zero-order valence-corrected chi connectivity index (χ0v) is 9.41. The molecule has 0 atom stereocenters. The van der Waals surface area contributed by atoms with Crippen molar-refractivity contribution in [2.45, 2.75) is 6.92 Å². The molecule has 0 radical (unpaired) electrons. The summed E-state index contributed by atoms with van der Waals surface area (Å²) in [6.45, 7) is 2.69. The molecule has 4 nitrogen and oxygen atoms in total. The second kappa shape index (κ2) is 6.59. The minimum atomic E-state index is -0.417. The third-order valence-corrected chi connectivity index (χ3v) is 1.72. The maximum atomic E-state index is 11.4. The molecule has 1 aromatic rings. The molecular weight excluding hydrogens is 204 g/mol. The lowest BCUT2D eigenvalue weighted by Gasteiger charge is -2.00. The van der Waals surface area contributed by atoms with Crippen molar-refractivity contribution in [1.82, 2.24) is 10.3 Å². The van der Waals surface area contributed by atoms with E-state index in [1.165, 1.54) is 0 Å². The average molecular weight is 218 g/mol. The van der Waals surface area contributed by atoms with E-state index in [1.54, 1.807) is 25.1 Å². The Morgan fingerprint density at radius 3 is 3.06 bits per heavy atom. The average Bonchev–Trinajstić information content (AvgIpc) is 2.30. The molecule has 0 bridgehead atoms. The van der Waals surface area contributed by atoms with Gasteiger partial charge in [0.05, 0.1) is 13.2 Å². The number of esters is 1. The van der Waals surface area contributed by atoms with Crippen molar-refractivity contribution in [2.24, 2.45) is 0 Å². The Kier molecular flexibility index (Phi) is 5.03. The van der Waals surface area contributed by atoms with Gasteiger partial charge in [-0.3, -0.25) is 0 Å². The summed E-state index contributed by atoms with van der Waals surface area (Å²) < 4.78 is 4.85. The highest BCUT2D eigenvalue weighted by atomic mass is 16.5. The van der Waals surface area contributed by atoms with Crippen LogP contribution >= 0.6 is 0 Å². The minimum Gasteiger partial charge on any atom is -0.461 e. The summed E-state index contributed by atoms with van der Waals surface area (Å²) in [5.41, 5.74) is 0.860. The van der Waals surface area contributed by atoms with Crippen LogP contribution in [0.3, 0.4) is 0 Å². The fourth-order valence-corrected chi connectivity index (χ4v) is 1.05. The van der Waals surface area contributed by atoms with Crippen LogP contribution in [-0.2, 0) is 4.74 Å². The molecule has 1 heterocycles. The first-order chi connectivity index (χ1) is 7.77. The molecule has 0 aliphatic carbocycles. The fourth-order valence-electron chi connectivity index (χ4n) is 1.05. The topological polar surface area (TPSA) is 51.2 Å². The van der Waals surface area contributed by atoms with Gasteiger partial charge in [-0.2, -0.15) is 0 Å². The Morgan fingerprint density at radius 2 is 2.38 bits per heavy atom. The van der Waals surface area contributed by atoms with E-state index in [9.17, 15) is 4.79 Å². The smallest absolute Gasteiger partial charge is 0.356 e. The molecule has 0 aliphatic rings. The number of ether oxygens (including phenoxy) is 1. The van der Waals surface area contributed by atoms with Gasteiger partial charge in [0, 0.05) is 0 Å². The van der Waals surface area contributed by atoms with Crippen LogP contribution in [0.25, 0.3) is 0 Å². The van der Waals surface area contributed by atoms with Crippen LogP contribution < -0.4 is 5.32 Å². The summed E-state index contributed by atoms with van der Waals surface area (Å²) >= 11 is 0. The minimum absolute atomic E-state index is 0.290. The predicted octanol–water partition coefficient (Wildman–Crippen LogP) is 0.829. The van der Waals surface area contributed by atoms with Crippen molar-refractivity contribution in [2.75, 3.05) is 20.2 Å². The van der Waals surface area contributed by atoms with E-state index in [0.717, 1.165) is 0 Å². The molecule has 0 spiro atoms. The Balaban J connectivity index is 2.79. The molecule has 16 heavy (non-hydrogen) atoms. The maximum Gasteiger partial charge on any atom is 0.356 e. The second-order valence-electron chi connectivity index (χ2n) is 2.96. The summed E-state index contributed by atoms with van der Waals surface area (Å²) in [7, 11) is 1.82. The van der Waals surface area contributed by atoms with E-state index in [4.69, 9.17) is 4.74 Å². The molecule has 0 fully saturated rings. The maximum absolute atomic E-state index is 11.4. The van der Waals surface area contributed by atoms with E-state index in [0.29, 0.717) is 18.8 Å². The number of hydrogen-bond donors (Lipinski definition) is 1. The first-order valence-corrected chi connectivity index (χ1v) is 5.05. The first-order valence-electron chi connectivity index (χ1n) is 5.05. The Morgan fingerprint density at radius 1 is 1.56 bits per heavy atom. The van der Waals surface area contributed by atoms with Gasteiger partial charge < -0.3 is 10.1 Å². The van der Waals surface area contributed by atoms with Gasteiger partial charge in [-0.15, -0.1) is 0 Å². The Labute approximate surface area is 95.0 Å². The van der Waals surface area contributed by atoms with Gasteiger partial charge >= 0.3 is 5.97 Å². The zero-order chi connectivity index (χ0) is 11.8. The van der Waals surface area contributed by atoms with Crippen molar-refractivity contribution in [3.8, 4) is 11.8 Å². The summed E-state index contributed by atoms with van der Waals surface area (Å²) in [6.07, 6.45) is 0. The highest BCUT2D eigenvalue weighted by molar-refractivity contribution is 5.87. The molecule has 1 N–H and O–H groups in total. The molecule has 84 valence electrons. The van der Waals surface area contributed by atoms with E-state index < -0.39 is 5.97 Å². The lowest BCUT2D eigenvalue weighted by molar-refractivity contribution is 0.0519. The monoisotopic (exact) mass is 218 g/mol. The normalized spacial score (nSPS) is 9.12. The molecule has 0 aromatic carbocycles. The molecule has 1 rings (SSSR count). The third-order valence-electron chi connectivity index (χ3n) is 1.72. The van der Waals surface area contributed by atoms with Gasteiger partial charge in [-0.25, -0.2) is 9.78 Å². The van der Waals surface area contributed by atoms with Crippen LogP contribution in [0.4, 0.5) is 0 Å². The number of carbonyl (C=O) groups excluding carboxylic acids is 1. The largest absolute Gasteiger partial charge is 0.461 e. The van der Waals surface area contributed by atoms with E-state index in [-0.39, 0.29) is 5.69 Å². The summed E-state index contributed by atoms with van der Waals surface area (Å²) in [6, 6.07) is 5.11. The van der Waals surface area contributed by atoms with Gasteiger partial charge in [0.15, 0.2) is 0 Å². The lowest BCUT2D eigenvalue weighted by Crippen LogP contribution is -2.07. The van der Waals surface area contributed by atoms with Crippen molar-refractivity contribution >= 4 is 5.97 Å². The summed E-state index contributed by atoms with van der Waals surface area (Å²) in [5, 5.41) is 2.90. The molecule has 0 saturated carbocycles. The van der Waals surface area contributed by atoms with Crippen LogP contribution in [-0.4, -0.2) is 31.2 Å². The summed E-state index contributed by atoms with van der Waals surface area (Å²) in [5.74, 6) is 5.31. The van der Waals surface area contributed by atoms with Crippen molar-refractivity contribution in [1.29, 1.82) is 0 Å². The highest BCUT2D eigenvalue weighted by Crippen LogP contribution is 2.00. The number of nitrogens with zero attached hydrogens (tertiary/aromatic N) is 1. The number of pyridine rings is 1. The first kappa shape index (κ1) is 12.2. The molecule has 0 aliphatic heterocycles. The fraction of sp³-hybridized carbons (Fsp3) is 0.333. The zero-order valence-electron chi connectivity index (χ0n) is 9.41. The molecule has 0 amide bonds. The number of aromatic nitrogens is 1. The molecule has 1 aromatic heterocycles. The Bertz CT molecular complexity index is 419. The van der Waals surface area contributed by atoms with Crippen molar-refractivity contribution in [3.63, 3.8) is 0 Å². The molecular formula is C12H14N2O2. The predicted molar refractivity (Wildman–Crippen MR) is 61.0 cm³/mol. The molecule has 4 heteroatoms. The number of nitrogens with one attached hydrogen (secondary N) is 1. The second-order valence-corrected chi connectivity index (χ2v) is 2.96. The van der Waals surface area contributed by atoms with Crippen molar-refractivity contribution in [3.05, 3.63) is 29.6 Å². The van der Waals surface area contributed by atoms with Gasteiger partial charge in [0.25, 0.3) is 0 Å². The van der Waals surface area contributed by atoms with Crippen LogP contribution in [0, 0.1) is 11.8 Å². The van der Waals surface area contributed by atoms with Gasteiger partial charge in [-0.05, 0) is 32.0 Å². The summed E-state index contributed by atoms with van der Waals surface area (Å²) in [4.78, 5) is 15.5. The van der Waals surface area contributed by atoms with E-state index in [1.807, 2.05) is 7.05 Å². The van der Waals surface area contributed by atoms with Crippen LogP contribution in [0.5, 0.6) is 0 Å². The number of carbonyl (C=O) groups is 1. The van der Waals surface area contributed by atoms with Gasteiger partial charge in [-0.1, -0.05) is 12.0 Å². The molecule has 0 unspecified atom stereocenters. The lowest BCUT2D eigenvalue weighted by atomic mass is 10.3. The van der Waals surface area contributed by atoms with Crippen LogP contribution in [0.15, 0.2) is 18.2 Å². The standard InChI is InChI=1S/C12H14N2O2/c1-3-16-12(15)11-8-4-6-10(14-11)7-5-9-13-2/h4,6,8,13H,3,9H2,1-2H3. The van der Waals surface area contributed by atoms with E-state index in [2.05, 4.69) is 22.1 Å². The van der Waals surface area contributed by atoms with Gasteiger partial charge in [0.1, 0.15) is 11.4 Å². The highest BCUT2D eigenvalue weighted by Gasteiger charge is 2.07. The number of hydrogen-bond acceptors (Lipinski definition) is 4. The third kappa shape index (κ3) is 3.71. The van der Waals surface area contributed by atoms with E-state index >= 15 is 0 Å². The Hall–Kier alpha value is -1.86. The SMILES string of the molecule is CCOC(=O)c1cccc(C#CCNC)n1. The van der Waals surface area contributed by atoms with Crippen LogP contribution in [0.2, 0.25) is 0 Å². The van der Waals surface area contributed by atoms with Gasteiger partial charge in [0.2, 0.25) is 0 Å². The van der Waals surface area contributed by atoms with Crippen molar-refractivity contribution < 1.29 is 9.53 Å².